The van der Waals surface area contributed by atoms with Crippen molar-refractivity contribution in [3.8, 4) is 0 Å². The quantitative estimate of drug-likeness (QED) is 0.640. The molecule has 0 aromatic rings. The molecule has 1 rings (SSSR count). The zero-order valence-electron chi connectivity index (χ0n) is 6.84. The van der Waals surface area contributed by atoms with Crippen LogP contribution in [0.25, 0.3) is 0 Å². The Morgan fingerprint density at radius 2 is 2.00 bits per heavy atom. The van der Waals surface area contributed by atoms with Crippen molar-refractivity contribution in [2.24, 2.45) is 11.8 Å². The Bertz CT molecular complexity index is 84.7. The van der Waals surface area contributed by atoms with Crippen LogP contribution in [-0.4, -0.2) is 11.7 Å². The number of aliphatic hydroxyl groups is 1. The molecular formula is C9H18O. The highest BCUT2D eigenvalue weighted by Gasteiger charge is 2.16. The molecule has 60 valence electrons. The zero-order valence-corrected chi connectivity index (χ0v) is 6.84. The molecule has 0 aromatic carbocycles. The van der Waals surface area contributed by atoms with Gasteiger partial charge in [0.05, 0.1) is 0 Å². The summed E-state index contributed by atoms with van der Waals surface area (Å²) in [5.74, 6) is 1.46. The molecule has 0 heterocycles. The molecule has 1 unspecified atom stereocenters. The van der Waals surface area contributed by atoms with Crippen LogP contribution in [0.15, 0.2) is 0 Å². The maximum Gasteiger partial charge on any atom is 0.0456 e. The van der Waals surface area contributed by atoms with E-state index in [1.54, 1.807) is 0 Å². The van der Waals surface area contributed by atoms with Gasteiger partial charge in [-0.15, -0.1) is 0 Å². The predicted molar refractivity (Wildman–Crippen MR) is 42.8 cm³/mol. The smallest absolute Gasteiger partial charge is 0.0456 e. The van der Waals surface area contributed by atoms with E-state index in [-0.39, 0.29) is 0 Å². The molecule has 1 saturated carbocycles. The largest absolute Gasteiger partial charge is 0.396 e. The molecule has 0 radical (unpaired) electrons. The molecule has 1 heteroatoms. The summed E-state index contributed by atoms with van der Waals surface area (Å²) in [5.41, 5.74) is 0. The second kappa shape index (κ2) is 3.97. The van der Waals surface area contributed by atoms with Crippen molar-refractivity contribution in [3.63, 3.8) is 0 Å². The molecule has 0 saturated heterocycles. The highest BCUT2D eigenvalue weighted by atomic mass is 16.3. The Labute approximate surface area is 63.4 Å². The van der Waals surface area contributed by atoms with Crippen LogP contribution in [0.4, 0.5) is 0 Å². The fraction of sp³-hybridized carbons (Fsp3) is 1.00. The number of hydrogen-bond acceptors (Lipinski definition) is 1. The topological polar surface area (TPSA) is 20.2 Å². The van der Waals surface area contributed by atoms with Gasteiger partial charge in [-0.1, -0.05) is 32.6 Å². The van der Waals surface area contributed by atoms with Crippen molar-refractivity contribution in [2.75, 3.05) is 6.61 Å². The first kappa shape index (κ1) is 8.06. The highest BCUT2D eigenvalue weighted by molar-refractivity contribution is 4.69. The Balaban J connectivity index is 2.11. The molecule has 1 aliphatic carbocycles. The summed E-state index contributed by atoms with van der Waals surface area (Å²) in [6.07, 6.45) is 6.90. The molecular weight excluding hydrogens is 124 g/mol. The van der Waals surface area contributed by atoms with Crippen LogP contribution in [-0.2, 0) is 0 Å². The van der Waals surface area contributed by atoms with Crippen molar-refractivity contribution in [1.29, 1.82) is 0 Å². The van der Waals surface area contributed by atoms with E-state index >= 15 is 0 Å². The molecule has 1 nitrogen and oxygen atoms in total. The Hall–Kier alpha value is -0.0400. The molecule has 0 bridgehead atoms. The van der Waals surface area contributed by atoms with Gasteiger partial charge in [0.2, 0.25) is 0 Å². The molecule has 0 spiro atoms. The van der Waals surface area contributed by atoms with Crippen molar-refractivity contribution in [3.05, 3.63) is 0 Å². The maximum atomic E-state index is 8.80. The van der Waals surface area contributed by atoms with E-state index in [2.05, 4.69) is 6.92 Å². The Morgan fingerprint density at radius 3 is 2.50 bits per heavy atom. The third kappa shape index (κ3) is 2.30. The highest BCUT2D eigenvalue weighted by Crippen LogP contribution is 2.29. The third-order valence-corrected chi connectivity index (χ3v) is 2.52. The van der Waals surface area contributed by atoms with Crippen molar-refractivity contribution in [1.82, 2.24) is 0 Å². The lowest BCUT2D eigenvalue weighted by Crippen LogP contribution is -2.06. The fourth-order valence-corrected chi connectivity index (χ4v) is 1.89. The van der Waals surface area contributed by atoms with Crippen LogP contribution in [0, 0.1) is 11.8 Å². The summed E-state index contributed by atoms with van der Waals surface area (Å²) in [6.45, 7) is 2.51. The standard InChI is InChI=1S/C9H18O/c1-8(7-10)6-9-4-2-3-5-9/h8-10H,2-7H2,1H3. The second-order valence-electron chi connectivity index (χ2n) is 3.67. The first-order valence-corrected chi connectivity index (χ1v) is 4.43. The number of aliphatic hydroxyl groups excluding tert-OH is 1. The van der Waals surface area contributed by atoms with Gasteiger partial charge in [-0.3, -0.25) is 0 Å². The summed E-state index contributed by atoms with van der Waals surface area (Å²) >= 11 is 0. The molecule has 1 aliphatic rings. The minimum absolute atomic E-state index is 0.372. The zero-order chi connectivity index (χ0) is 7.40. The lowest BCUT2D eigenvalue weighted by molar-refractivity contribution is 0.213. The molecule has 1 fully saturated rings. The Morgan fingerprint density at radius 1 is 1.40 bits per heavy atom. The van der Waals surface area contributed by atoms with Gasteiger partial charge in [-0.2, -0.15) is 0 Å². The maximum absolute atomic E-state index is 8.80. The van der Waals surface area contributed by atoms with Crippen molar-refractivity contribution < 1.29 is 5.11 Å². The third-order valence-electron chi connectivity index (χ3n) is 2.52. The van der Waals surface area contributed by atoms with Crippen LogP contribution in [0.5, 0.6) is 0 Å². The van der Waals surface area contributed by atoms with E-state index in [4.69, 9.17) is 5.11 Å². The fourth-order valence-electron chi connectivity index (χ4n) is 1.89. The minimum atomic E-state index is 0.372. The predicted octanol–water partition coefficient (Wildman–Crippen LogP) is 2.20. The lowest BCUT2D eigenvalue weighted by Gasteiger charge is -2.12. The van der Waals surface area contributed by atoms with Crippen molar-refractivity contribution in [2.45, 2.75) is 39.0 Å². The van der Waals surface area contributed by atoms with Gasteiger partial charge in [-0.05, 0) is 18.3 Å². The molecule has 0 aromatic heterocycles. The lowest BCUT2D eigenvalue weighted by atomic mass is 9.95. The Kier molecular flexibility index (Phi) is 3.20. The average Bonchev–Trinajstić information content (AvgIpc) is 2.40. The van der Waals surface area contributed by atoms with Gasteiger partial charge in [-0.25, -0.2) is 0 Å². The summed E-state index contributed by atoms with van der Waals surface area (Å²) in [6, 6.07) is 0. The molecule has 1 atom stereocenters. The summed E-state index contributed by atoms with van der Waals surface area (Å²) < 4.78 is 0. The van der Waals surface area contributed by atoms with Gasteiger partial charge in [0.1, 0.15) is 0 Å². The van der Waals surface area contributed by atoms with Crippen LogP contribution >= 0.6 is 0 Å². The van der Waals surface area contributed by atoms with Gasteiger partial charge in [0, 0.05) is 6.61 Å². The molecule has 10 heavy (non-hydrogen) atoms. The van der Waals surface area contributed by atoms with E-state index in [1.807, 2.05) is 0 Å². The van der Waals surface area contributed by atoms with Gasteiger partial charge < -0.3 is 5.11 Å². The first-order valence-electron chi connectivity index (χ1n) is 4.43. The van der Waals surface area contributed by atoms with E-state index in [1.165, 1.54) is 32.1 Å². The molecule has 0 aliphatic heterocycles. The van der Waals surface area contributed by atoms with Crippen LogP contribution in [0.2, 0.25) is 0 Å². The van der Waals surface area contributed by atoms with E-state index in [0.717, 1.165) is 5.92 Å². The normalized spacial score (nSPS) is 23.4. The summed E-state index contributed by atoms with van der Waals surface area (Å²) in [4.78, 5) is 0. The summed E-state index contributed by atoms with van der Waals surface area (Å²) in [7, 11) is 0. The first-order chi connectivity index (χ1) is 4.83. The SMILES string of the molecule is CC(CO)CC1CCCC1. The minimum Gasteiger partial charge on any atom is -0.396 e. The van der Waals surface area contributed by atoms with Gasteiger partial charge in [0.25, 0.3) is 0 Å². The second-order valence-corrected chi connectivity index (χ2v) is 3.67. The van der Waals surface area contributed by atoms with E-state index in [9.17, 15) is 0 Å². The number of rotatable bonds is 3. The van der Waals surface area contributed by atoms with Crippen LogP contribution in [0.3, 0.4) is 0 Å². The van der Waals surface area contributed by atoms with E-state index < -0.39 is 0 Å². The van der Waals surface area contributed by atoms with Crippen LogP contribution in [0.1, 0.15) is 39.0 Å². The molecule has 1 N–H and O–H groups in total. The van der Waals surface area contributed by atoms with Crippen molar-refractivity contribution >= 4 is 0 Å². The van der Waals surface area contributed by atoms with Gasteiger partial charge in [0.15, 0.2) is 0 Å². The monoisotopic (exact) mass is 142 g/mol. The number of hydrogen-bond donors (Lipinski definition) is 1. The van der Waals surface area contributed by atoms with Crippen LogP contribution < -0.4 is 0 Å². The molecule has 0 amide bonds. The van der Waals surface area contributed by atoms with E-state index in [0.29, 0.717) is 12.5 Å². The average molecular weight is 142 g/mol. The van der Waals surface area contributed by atoms with Gasteiger partial charge >= 0.3 is 0 Å². The summed E-state index contributed by atoms with van der Waals surface area (Å²) in [5, 5.41) is 8.80.